The lowest BCUT2D eigenvalue weighted by atomic mass is 10.2. The molecule has 22 heavy (non-hydrogen) atoms. The first-order valence-electron chi connectivity index (χ1n) is 6.78. The summed E-state index contributed by atoms with van der Waals surface area (Å²) >= 11 is 6.20. The van der Waals surface area contributed by atoms with Crippen molar-refractivity contribution < 1.29 is 9.47 Å². The number of benzene rings is 1. The van der Waals surface area contributed by atoms with Gasteiger partial charge in [-0.1, -0.05) is 17.5 Å². The molecule has 5 nitrogen and oxygen atoms in total. The molecule has 0 radical (unpaired) electrons. The van der Waals surface area contributed by atoms with E-state index in [0.29, 0.717) is 48.8 Å². The molecule has 1 aromatic carbocycles. The number of nitrogens with one attached hydrogen (secondary N) is 2. The SMILES string of the molecule is C#CCNC(=NCc1cc(Cl)c2c(c1)OCCO2)NCC.I. The van der Waals surface area contributed by atoms with Crippen molar-refractivity contribution in [3.63, 3.8) is 0 Å². The van der Waals surface area contributed by atoms with E-state index in [1.54, 1.807) is 0 Å². The van der Waals surface area contributed by atoms with Gasteiger partial charge in [-0.05, 0) is 24.6 Å². The lowest BCUT2D eigenvalue weighted by Gasteiger charge is -2.20. The van der Waals surface area contributed by atoms with Crippen LogP contribution in [0, 0.1) is 12.3 Å². The number of hydrogen-bond donors (Lipinski definition) is 2. The average molecular weight is 436 g/mol. The molecule has 1 heterocycles. The number of terminal acetylenes is 1. The second-order valence-corrected chi connectivity index (χ2v) is 4.76. The molecule has 2 rings (SSSR count). The quantitative estimate of drug-likeness (QED) is 0.330. The Morgan fingerprint density at radius 2 is 2.14 bits per heavy atom. The predicted molar refractivity (Wildman–Crippen MR) is 99.5 cm³/mol. The number of rotatable bonds is 4. The molecular formula is C15H19ClIN3O2. The van der Waals surface area contributed by atoms with Crippen LogP contribution in [0.25, 0.3) is 0 Å². The molecule has 0 bridgehead atoms. The van der Waals surface area contributed by atoms with E-state index in [0.717, 1.165) is 12.1 Å². The number of halogens is 2. The van der Waals surface area contributed by atoms with Gasteiger partial charge in [0.15, 0.2) is 17.5 Å². The Balaban J connectivity index is 0.00000242. The molecule has 1 aromatic rings. The lowest BCUT2D eigenvalue weighted by molar-refractivity contribution is 0.171. The molecule has 120 valence electrons. The highest BCUT2D eigenvalue weighted by molar-refractivity contribution is 14.0. The van der Waals surface area contributed by atoms with Crippen molar-refractivity contribution in [2.45, 2.75) is 13.5 Å². The molecule has 2 N–H and O–H groups in total. The van der Waals surface area contributed by atoms with Crippen molar-refractivity contribution in [3.05, 3.63) is 22.7 Å². The summed E-state index contributed by atoms with van der Waals surface area (Å²) in [5.74, 6) is 4.46. The van der Waals surface area contributed by atoms with Crippen LogP contribution in [0.4, 0.5) is 0 Å². The van der Waals surface area contributed by atoms with Crippen molar-refractivity contribution in [2.24, 2.45) is 4.99 Å². The number of aliphatic imine (C=N–C) groups is 1. The van der Waals surface area contributed by atoms with Crippen molar-refractivity contribution in [1.82, 2.24) is 10.6 Å². The van der Waals surface area contributed by atoms with Crippen molar-refractivity contribution in [1.29, 1.82) is 0 Å². The minimum Gasteiger partial charge on any atom is -0.486 e. The van der Waals surface area contributed by atoms with Crippen LogP contribution in [0.2, 0.25) is 5.02 Å². The van der Waals surface area contributed by atoms with Gasteiger partial charge in [-0.2, -0.15) is 0 Å². The van der Waals surface area contributed by atoms with Gasteiger partial charge in [0.25, 0.3) is 0 Å². The van der Waals surface area contributed by atoms with E-state index in [4.69, 9.17) is 27.5 Å². The van der Waals surface area contributed by atoms with Gasteiger partial charge in [-0.25, -0.2) is 4.99 Å². The van der Waals surface area contributed by atoms with Gasteiger partial charge < -0.3 is 20.1 Å². The van der Waals surface area contributed by atoms with E-state index in [1.165, 1.54) is 0 Å². The van der Waals surface area contributed by atoms with Crippen LogP contribution in [0.3, 0.4) is 0 Å². The van der Waals surface area contributed by atoms with Crippen LogP contribution in [0.1, 0.15) is 12.5 Å². The van der Waals surface area contributed by atoms with E-state index in [-0.39, 0.29) is 24.0 Å². The van der Waals surface area contributed by atoms with Crippen molar-refractivity contribution in [2.75, 3.05) is 26.3 Å². The number of hydrogen-bond acceptors (Lipinski definition) is 3. The smallest absolute Gasteiger partial charge is 0.192 e. The number of ether oxygens (including phenoxy) is 2. The zero-order valence-electron chi connectivity index (χ0n) is 12.3. The van der Waals surface area contributed by atoms with Crippen LogP contribution in [-0.4, -0.2) is 32.3 Å². The largest absolute Gasteiger partial charge is 0.486 e. The highest BCUT2D eigenvalue weighted by Crippen LogP contribution is 2.38. The van der Waals surface area contributed by atoms with Gasteiger partial charge in [0, 0.05) is 6.54 Å². The maximum absolute atomic E-state index is 6.20. The molecule has 0 saturated carbocycles. The Kier molecular flexibility index (Phi) is 8.20. The third kappa shape index (κ3) is 5.14. The Labute approximate surface area is 152 Å². The lowest BCUT2D eigenvalue weighted by Crippen LogP contribution is -2.37. The van der Waals surface area contributed by atoms with Gasteiger partial charge in [0.2, 0.25) is 0 Å². The summed E-state index contributed by atoms with van der Waals surface area (Å²) in [6.07, 6.45) is 5.23. The average Bonchev–Trinajstić information content (AvgIpc) is 2.50. The van der Waals surface area contributed by atoms with Crippen molar-refractivity contribution in [3.8, 4) is 23.8 Å². The van der Waals surface area contributed by atoms with Gasteiger partial charge in [-0.15, -0.1) is 30.4 Å². The van der Waals surface area contributed by atoms with E-state index >= 15 is 0 Å². The van der Waals surface area contributed by atoms with Crippen LogP contribution in [0.5, 0.6) is 11.5 Å². The summed E-state index contributed by atoms with van der Waals surface area (Å²) in [5, 5.41) is 6.69. The predicted octanol–water partition coefficient (Wildman–Crippen LogP) is 2.42. The molecule has 7 heteroatoms. The zero-order chi connectivity index (χ0) is 15.1. The Hall–Kier alpha value is -1.33. The van der Waals surface area contributed by atoms with Gasteiger partial charge in [0.1, 0.15) is 13.2 Å². The van der Waals surface area contributed by atoms with E-state index in [1.807, 2.05) is 19.1 Å². The van der Waals surface area contributed by atoms with E-state index < -0.39 is 0 Å². The third-order valence-corrected chi connectivity index (χ3v) is 3.06. The summed E-state index contributed by atoms with van der Waals surface area (Å²) in [6.45, 7) is 4.70. The zero-order valence-corrected chi connectivity index (χ0v) is 15.4. The Bertz CT molecular complexity index is 573. The molecule has 0 atom stereocenters. The maximum atomic E-state index is 6.20. The summed E-state index contributed by atoms with van der Waals surface area (Å²) in [6, 6.07) is 3.73. The number of guanidine groups is 1. The first-order chi connectivity index (χ1) is 10.2. The fourth-order valence-electron chi connectivity index (χ4n) is 1.90. The summed E-state index contributed by atoms with van der Waals surface area (Å²) in [7, 11) is 0. The monoisotopic (exact) mass is 435 g/mol. The van der Waals surface area contributed by atoms with Gasteiger partial charge in [0.05, 0.1) is 18.1 Å². The molecule has 1 aliphatic heterocycles. The minimum atomic E-state index is 0. The molecular weight excluding hydrogens is 417 g/mol. The second kappa shape index (κ2) is 9.64. The first-order valence-corrected chi connectivity index (χ1v) is 7.16. The fraction of sp³-hybridized carbons (Fsp3) is 0.400. The molecule has 0 amide bonds. The topological polar surface area (TPSA) is 54.9 Å². The van der Waals surface area contributed by atoms with Crippen molar-refractivity contribution >= 4 is 41.5 Å². The highest BCUT2D eigenvalue weighted by Gasteiger charge is 2.16. The fourth-order valence-corrected chi connectivity index (χ4v) is 2.19. The maximum Gasteiger partial charge on any atom is 0.192 e. The molecule has 0 spiro atoms. The van der Waals surface area contributed by atoms with E-state index in [2.05, 4.69) is 21.5 Å². The molecule has 1 aliphatic rings. The Morgan fingerprint density at radius 3 is 2.86 bits per heavy atom. The van der Waals surface area contributed by atoms with Crippen LogP contribution < -0.4 is 20.1 Å². The van der Waals surface area contributed by atoms with Crippen LogP contribution in [0.15, 0.2) is 17.1 Å². The number of nitrogens with zero attached hydrogens (tertiary/aromatic N) is 1. The normalized spacial score (nSPS) is 12.9. The minimum absolute atomic E-state index is 0. The standard InChI is InChI=1S/C15H18ClN3O2.HI/c1-3-5-18-15(17-4-2)19-10-11-8-12(16)14-13(9-11)20-6-7-21-14;/h1,8-9H,4-7,10H2,2H3,(H2,17,18,19);1H. The van der Waals surface area contributed by atoms with Crippen LogP contribution in [-0.2, 0) is 6.54 Å². The second-order valence-electron chi connectivity index (χ2n) is 4.35. The molecule has 0 aromatic heterocycles. The summed E-state index contributed by atoms with van der Waals surface area (Å²) < 4.78 is 11.0. The molecule has 0 fully saturated rings. The van der Waals surface area contributed by atoms with Crippen LogP contribution >= 0.6 is 35.6 Å². The summed E-state index contributed by atoms with van der Waals surface area (Å²) in [5.41, 5.74) is 0.946. The third-order valence-electron chi connectivity index (χ3n) is 2.78. The van der Waals surface area contributed by atoms with Gasteiger partial charge in [-0.3, -0.25) is 0 Å². The first kappa shape index (κ1) is 18.7. The van der Waals surface area contributed by atoms with E-state index in [9.17, 15) is 0 Å². The number of fused-ring (bicyclic) bond motifs is 1. The highest BCUT2D eigenvalue weighted by atomic mass is 127. The molecule has 0 unspecified atom stereocenters. The summed E-state index contributed by atoms with van der Waals surface area (Å²) in [4.78, 5) is 4.46. The van der Waals surface area contributed by atoms with Gasteiger partial charge >= 0.3 is 0 Å². The molecule has 0 aliphatic carbocycles. The molecule has 0 saturated heterocycles. The Morgan fingerprint density at radius 1 is 1.36 bits per heavy atom.